The Morgan fingerprint density at radius 2 is 2.12 bits per heavy atom. The van der Waals surface area contributed by atoms with Gasteiger partial charge in [0.2, 0.25) is 0 Å². The summed E-state index contributed by atoms with van der Waals surface area (Å²) >= 11 is 0. The SMILES string of the molecule is CC1(CO)CCN(C(=O)Nc2ccccc2OC[C@H]2CCCCO2)CC1. The number of anilines is 1. The van der Waals surface area contributed by atoms with Crippen LogP contribution in [0.3, 0.4) is 0 Å². The van der Waals surface area contributed by atoms with E-state index in [2.05, 4.69) is 12.2 Å². The molecule has 1 aromatic carbocycles. The maximum Gasteiger partial charge on any atom is 0.321 e. The topological polar surface area (TPSA) is 71.0 Å². The van der Waals surface area contributed by atoms with E-state index in [0.29, 0.717) is 31.1 Å². The number of aliphatic hydroxyl groups excluding tert-OH is 1. The molecule has 3 rings (SSSR count). The Balaban J connectivity index is 1.55. The van der Waals surface area contributed by atoms with Crippen LogP contribution in [0.2, 0.25) is 0 Å². The summed E-state index contributed by atoms with van der Waals surface area (Å²) in [6, 6.07) is 7.41. The van der Waals surface area contributed by atoms with Crippen molar-refractivity contribution in [2.45, 2.75) is 45.1 Å². The van der Waals surface area contributed by atoms with Crippen LogP contribution in [-0.2, 0) is 4.74 Å². The lowest BCUT2D eigenvalue weighted by Gasteiger charge is -2.38. The Kier molecular flexibility index (Phi) is 6.38. The summed E-state index contributed by atoms with van der Waals surface area (Å²) in [5, 5.41) is 12.4. The van der Waals surface area contributed by atoms with E-state index in [1.54, 1.807) is 4.90 Å². The Labute approximate surface area is 155 Å². The van der Waals surface area contributed by atoms with Crippen molar-refractivity contribution in [1.29, 1.82) is 0 Å². The third-order valence-electron chi connectivity index (χ3n) is 5.47. The quantitative estimate of drug-likeness (QED) is 0.843. The van der Waals surface area contributed by atoms with E-state index in [-0.39, 0.29) is 24.2 Å². The van der Waals surface area contributed by atoms with Gasteiger partial charge in [0.15, 0.2) is 0 Å². The number of ether oxygens (including phenoxy) is 2. The Bertz CT molecular complexity index is 593. The van der Waals surface area contributed by atoms with E-state index < -0.39 is 0 Å². The number of benzene rings is 1. The number of urea groups is 1. The van der Waals surface area contributed by atoms with Gasteiger partial charge in [0.1, 0.15) is 12.4 Å². The highest BCUT2D eigenvalue weighted by Crippen LogP contribution is 2.31. The van der Waals surface area contributed by atoms with E-state index in [9.17, 15) is 9.90 Å². The van der Waals surface area contributed by atoms with E-state index in [0.717, 1.165) is 32.3 Å². The minimum absolute atomic E-state index is 0.0716. The fourth-order valence-corrected chi connectivity index (χ4v) is 3.42. The van der Waals surface area contributed by atoms with E-state index in [1.165, 1.54) is 6.42 Å². The predicted octanol–water partition coefficient (Wildman–Crippen LogP) is 3.26. The Morgan fingerprint density at radius 1 is 1.35 bits per heavy atom. The van der Waals surface area contributed by atoms with Crippen LogP contribution >= 0.6 is 0 Å². The molecule has 6 nitrogen and oxygen atoms in total. The summed E-state index contributed by atoms with van der Waals surface area (Å²) in [7, 11) is 0. The van der Waals surface area contributed by atoms with Gasteiger partial charge in [-0.1, -0.05) is 19.1 Å². The summed E-state index contributed by atoms with van der Waals surface area (Å²) in [5.74, 6) is 0.673. The Hall–Kier alpha value is -1.79. The van der Waals surface area contributed by atoms with Crippen LogP contribution in [0.5, 0.6) is 5.75 Å². The molecule has 0 bridgehead atoms. The summed E-state index contributed by atoms with van der Waals surface area (Å²) in [6.45, 7) is 4.85. The van der Waals surface area contributed by atoms with Crippen LogP contribution in [0.25, 0.3) is 0 Å². The molecule has 2 aliphatic rings. The van der Waals surface area contributed by atoms with Crippen LogP contribution < -0.4 is 10.1 Å². The number of likely N-dealkylation sites (tertiary alicyclic amines) is 1. The molecular formula is C20H30N2O4. The number of amides is 2. The molecule has 0 unspecified atom stereocenters. The van der Waals surface area contributed by atoms with Gasteiger partial charge in [-0.2, -0.15) is 0 Å². The standard InChI is InChI=1S/C20H30N2O4/c1-20(15-23)9-11-22(12-10-20)19(24)21-17-7-2-3-8-18(17)26-14-16-6-4-5-13-25-16/h2-3,7-8,16,23H,4-6,9-15H2,1H3,(H,21,24)/t16-/m1/s1. The molecule has 1 aromatic rings. The predicted molar refractivity (Wildman–Crippen MR) is 101 cm³/mol. The average molecular weight is 362 g/mol. The zero-order chi connectivity index (χ0) is 18.4. The van der Waals surface area contributed by atoms with Gasteiger partial charge in [-0.3, -0.25) is 0 Å². The molecule has 2 saturated heterocycles. The highest BCUT2D eigenvalue weighted by atomic mass is 16.5. The minimum Gasteiger partial charge on any atom is -0.489 e. The molecule has 2 fully saturated rings. The van der Waals surface area contributed by atoms with Crippen LogP contribution in [-0.4, -0.2) is 55.1 Å². The number of carbonyl (C=O) groups excluding carboxylic acids is 1. The zero-order valence-electron chi connectivity index (χ0n) is 15.6. The first kappa shape index (κ1) is 19.0. The molecular weight excluding hydrogens is 332 g/mol. The number of aliphatic hydroxyl groups is 1. The van der Waals surface area contributed by atoms with Gasteiger partial charge in [0, 0.05) is 26.3 Å². The summed E-state index contributed by atoms with van der Waals surface area (Å²) in [5.41, 5.74) is 0.612. The second kappa shape index (κ2) is 8.73. The van der Waals surface area contributed by atoms with Gasteiger partial charge < -0.3 is 24.8 Å². The lowest BCUT2D eigenvalue weighted by atomic mass is 9.81. The molecule has 2 N–H and O–H groups in total. The average Bonchev–Trinajstić information content (AvgIpc) is 2.68. The summed E-state index contributed by atoms with van der Waals surface area (Å²) < 4.78 is 11.6. The molecule has 6 heteroatoms. The number of carbonyl (C=O) groups is 1. The van der Waals surface area contributed by atoms with Crippen LogP contribution in [0.15, 0.2) is 24.3 Å². The normalized spacial score (nSPS) is 22.7. The second-order valence-corrected chi connectivity index (χ2v) is 7.68. The lowest BCUT2D eigenvalue weighted by molar-refractivity contribution is -0.0109. The first-order valence-electron chi connectivity index (χ1n) is 9.60. The van der Waals surface area contributed by atoms with Crippen molar-refractivity contribution >= 4 is 11.7 Å². The molecule has 2 amide bonds. The third-order valence-corrected chi connectivity index (χ3v) is 5.47. The highest BCUT2D eigenvalue weighted by Gasteiger charge is 2.31. The molecule has 0 saturated carbocycles. The molecule has 0 aliphatic carbocycles. The minimum atomic E-state index is -0.116. The molecule has 2 heterocycles. The number of para-hydroxylation sites is 2. The first-order valence-corrected chi connectivity index (χ1v) is 9.60. The van der Waals surface area contributed by atoms with Crippen molar-refractivity contribution in [2.75, 3.05) is 38.2 Å². The van der Waals surface area contributed by atoms with Gasteiger partial charge in [0.05, 0.1) is 11.8 Å². The Morgan fingerprint density at radius 3 is 2.81 bits per heavy atom. The smallest absolute Gasteiger partial charge is 0.321 e. The maximum atomic E-state index is 12.6. The molecule has 26 heavy (non-hydrogen) atoms. The number of nitrogens with one attached hydrogen (secondary N) is 1. The first-order chi connectivity index (χ1) is 12.6. The van der Waals surface area contributed by atoms with Gasteiger partial charge >= 0.3 is 6.03 Å². The maximum absolute atomic E-state index is 12.6. The number of nitrogens with zero attached hydrogens (tertiary/aromatic N) is 1. The number of hydrogen-bond acceptors (Lipinski definition) is 4. The van der Waals surface area contributed by atoms with Crippen molar-refractivity contribution in [1.82, 2.24) is 4.90 Å². The fraction of sp³-hybridized carbons (Fsp3) is 0.650. The van der Waals surface area contributed by atoms with Gasteiger partial charge in [-0.15, -0.1) is 0 Å². The van der Waals surface area contributed by atoms with E-state index in [1.807, 2.05) is 24.3 Å². The number of rotatable bonds is 5. The lowest BCUT2D eigenvalue weighted by Crippen LogP contribution is -2.45. The van der Waals surface area contributed by atoms with Crippen molar-refractivity contribution in [3.8, 4) is 5.75 Å². The number of hydrogen-bond donors (Lipinski definition) is 2. The zero-order valence-corrected chi connectivity index (χ0v) is 15.6. The van der Waals surface area contributed by atoms with Crippen molar-refractivity contribution in [3.63, 3.8) is 0 Å². The highest BCUT2D eigenvalue weighted by molar-refractivity contribution is 5.91. The second-order valence-electron chi connectivity index (χ2n) is 7.68. The molecule has 1 atom stereocenters. The van der Waals surface area contributed by atoms with Crippen LogP contribution in [0.4, 0.5) is 10.5 Å². The van der Waals surface area contributed by atoms with Crippen molar-refractivity contribution < 1.29 is 19.4 Å². The summed E-state index contributed by atoms with van der Waals surface area (Å²) in [4.78, 5) is 14.4. The van der Waals surface area contributed by atoms with Crippen LogP contribution in [0, 0.1) is 5.41 Å². The molecule has 0 radical (unpaired) electrons. The van der Waals surface area contributed by atoms with Gasteiger partial charge in [0.25, 0.3) is 0 Å². The monoisotopic (exact) mass is 362 g/mol. The third kappa shape index (κ3) is 4.89. The molecule has 2 aliphatic heterocycles. The van der Waals surface area contributed by atoms with Gasteiger partial charge in [-0.05, 0) is 49.7 Å². The van der Waals surface area contributed by atoms with E-state index in [4.69, 9.17) is 9.47 Å². The summed E-state index contributed by atoms with van der Waals surface area (Å²) in [6.07, 6.45) is 5.07. The fourth-order valence-electron chi connectivity index (χ4n) is 3.42. The van der Waals surface area contributed by atoms with Crippen molar-refractivity contribution in [3.05, 3.63) is 24.3 Å². The molecule has 0 spiro atoms. The van der Waals surface area contributed by atoms with E-state index >= 15 is 0 Å². The van der Waals surface area contributed by atoms with Crippen molar-refractivity contribution in [2.24, 2.45) is 5.41 Å². The van der Waals surface area contributed by atoms with Gasteiger partial charge in [-0.25, -0.2) is 4.79 Å². The number of piperidine rings is 1. The molecule has 0 aromatic heterocycles. The molecule has 144 valence electrons. The largest absolute Gasteiger partial charge is 0.489 e. The van der Waals surface area contributed by atoms with Crippen LogP contribution in [0.1, 0.15) is 39.0 Å².